The van der Waals surface area contributed by atoms with Gasteiger partial charge in [-0.05, 0) is 48.4 Å². The van der Waals surface area contributed by atoms with Crippen molar-refractivity contribution in [2.75, 3.05) is 7.11 Å². The third kappa shape index (κ3) is 2.27. The molecule has 0 saturated heterocycles. The van der Waals surface area contributed by atoms with Crippen molar-refractivity contribution >= 4 is 12.2 Å². The largest absolute Gasteiger partial charge is 0.497 e. The van der Waals surface area contributed by atoms with Gasteiger partial charge >= 0.3 is 0 Å². The number of nitrogens with zero attached hydrogens (tertiary/aromatic N) is 1. The molecule has 0 bridgehead atoms. The van der Waals surface area contributed by atoms with Crippen molar-refractivity contribution in [1.29, 1.82) is 5.26 Å². The van der Waals surface area contributed by atoms with Gasteiger partial charge in [-0.3, -0.25) is 0 Å². The SMILES string of the molecule is COc1ccc(-c2cc(C)c(C#N)c(=S)[nH]2)cc1. The van der Waals surface area contributed by atoms with Gasteiger partial charge < -0.3 is 9.72 Å². The number of nitrogens with one attached hydrogen (secondary N) is 1. The van der Waals surface area contributed by atoms with Gasteiger partial charge in [0.2, 0.25) is 0 Å². The molecule has 0 atom stereocenters. The Balaban J connectivity index is 2.52. The lowest BCUT2D eigenvalue weighted by Crippen LogP contribution is -1.92. The van der Waals surface area contributed by atoms with Gasteiger partial charge in [0, 0.05) is 5.69 Å². The van der Waals surface area contributed by atoms with Crippen LogP contribution in [0, 0.1) is 22.9 Å². The summed E-state index contributed by atoms with van der Waals surface area (Å²) in [7, 11) is 1.63. The average Bonchev–Trinajstić information content (AvgIpc) is 2.38. The zero-order valence-corrected chi connectivity index (χ0v) is 11.0. The van der Waals surface area contributed by atoms with Crippen molar-refractivity contribution in [3.63, 3.8) is 0 Å². The Hall–Kier alpha value is -2.12. The van der Waals surface area contributed by atoms with Gasteiger partial charge in [0.15, 0.2) is 0 Å². The van der Waals surface area contributed by atoms with Crippen LogP contribution in [-0.4, -0.2) is 12.1 Å². The molecular formula is C14H12N2OS. The summed E-state index contributed by atoms with van der Waals surface area (Å²) in [5, 5.41) is 8.98. The van der Waals surface area contributed by atoms with E-state index in [1.54, 1.807) is 7.11 Å². The van der Waals surface area contributed by atoms with E-state index in [0.29, 0.717) is 10.2 Å². The lowest BCUT2D eigenvalue weighted by Gasteiger charge is -2.06. The van der Waals surface area contributed by atoms with Crippen molar-refractivity contribution in [3.8, 4) is 23.1 Å². The first kappa shape index (κ1) is 12.3. The lowest BCUT2D eigenvalue weighted by atomic mass is 10.1. The minimum absolute atomic E-state index is 0.475. The molecule has 1 heterocycles. The number of aryl methyl sites for hydroxylation is 1. The van der Waals surface area contributed by atoms with Gasteiger partial charge in [0.25, 0.3) is 0 Å². The summed E-state index contributed by atoms with van der Waals surface area (Å²) in [6, 6.07) is 11.7. The van der Waals surface area contributed by atoms with Crippen LogP contribution in [0.1, 0.15) is 11.1 Å². The van der Waals surface area contributed by atoms with Gasteiger partial charge in [-0.15, -0.1) is 0 Å². The fourth-order valence-electron chi connectivity index (χ4n) is 1.75. The molecule has 0 aliphatic rings. The van der Waals surface area contributed by atoms with Gasteiger partial charge in [0.1, 0.15) is 16.5 Å². The van der Waals surface area contributed by atoms with Crippen molar-refractivity contribution in [2.24, 2.45) is 0 Å². The molecule has 3 nitrogen and oxygen atoms in total. The highest BCUT2D eigenvalue weighted by Gasteiger charge is 2.05. The van der Waals surface area contributed by atoms with Gasteiger partial charge in [-0.1, -0.05) is 12.2 Å². The minimum Gasteiger partial charge on any atom is -0.497 e. The molecule has 0 aliphatic heterocycles. The number of aromatic nitrogens is 1. The van der Waals surface area contributed by atoms with Crippen molar-refractivity contribution in [2.45, 2.75) is 6.92 Å². The maximum absolute atomic E-state index is 8.98. The van der Waals surface area contributed by atoms with Crippen LogP contribution >= 0.6 is 12.2 Å². The summed E-state index contributed by atoms with van der Waals surface area (Å²) in [5.74, 6) is 0.808. The van der Waals surface area contributed by atoms with E-state index in [0.717, 1.165) is 22.6 Å². The molecule has 18 heavy (non-hydrogen) atoms. The predicted molar refractivity (Wildman–Crippen MR) is 73.1 cm³/mol. The zero-order valence-electron chi connectivity index (χ0n) is 10.2. The van der Waals surface area contributed by atoms with Crippen LogP contribution in [0.15, 0.2) is 30.3 Å². The molecule has 90 valence electrons. The number of H-pyrrole nitrogens is 1. The molecular weight excluding hydrogens is 244 g/mol. The molecule has 1 N–H and O–H groups in total. The standard InChI is InChI=1S/C14H12N2OS/c1-9-7-13(16-14(18)12(9)8-15)10-3-5-11(17-2)6-4-10/h3-7H,1-2H3,(H,16,18). The Morgan fingerprint density at radius 1 is 1.28 bits per heavy atom. The van der Waals surface area contributed by atoms with E-state index in [2.05, 4.69) is 11.1 Å². The number of aromatic amines is 1. The molecule has 1 aromatic heterocycles. The van der Waals surface area contributed by atoms with Crippen LogP contribution in [-0.2, 0) is 0 Å². The average molecular weight is 256 g/mol. The second-order valence-electron chi connectivity index (χ2n) is 3.91. The Kier molecular flexibility index (Phi) is 3.45. The number of methoxy groups -OCH3 is 1. The third-order valence-corrected chi connectivity index (χ3v) is 3.05. The number of hydrogen-bond acceptors (Lipinski definition) is 3. The van der Waals surface area contributed by atoms with Crippen molar-refractivity contribution in [1.82, 2.24) is 4.98 Å². The maximum atomic E-state index is 8.98. The summed E-state index contributed by atoms with van der Waals surface area (Å²) < 4.78 is 5.59. The van der Waals surface area contributed by atoms with E-state index in [1.807, 2.05) is 37.3 Å². The summed E-state index contributed by atoms with van der Waals surface area (Å²) in [6.45, 7) is 1.88. The summed E-state index contributed by atoms with van der Waals surface area (Å²) in [6.07, 6.45) is 0. The molecule has 0 fully saturated rings. The van der Waals surface area contributed by atoms with Crippen LogP contribution in [0.2, 0.25) is 0 Å². The normalized spacial score (nSPS) is 9.83. The van der Waals surface area contributed by atoms with Crippen LogP contribution < -0.4 is 4.74 Å². The van der Waals surface area contributed by atoms with Crippen molar-refractivity contribution in [3.05, 3.63) is 46.1 Å². The van der Waals surface area contributed by atoms with Crippen molar-refractivity contribution < 1.29 is 4.74 Å². The first-order valence-electron chi connectivity index (χ1n) is 5.44. The number of hydrogen-bond donors (Lipinski definition) is 1. The first-order chi connectivity index (χ1) is 8.65. The quantitative estimate of drug-likeness (QED) is 0.835. The van der Waals surface area contributed by atoms with E-state index in [4.69, 9.17) is 22.2 Å². The smallest absolute Gasteiger partial charge is 0.121 e. The maximum Gasteiger partial charge on any atom is 0.121 e. The highest BCUT2D eigenvalue weighted by molar-refractivity contribution is 7.71. The number of rotatable bonds is 2. The Morgan fingerprint density at radius 3 is 2.44 bits per heavy atom. The fraction of sp³-hybridized carbons (Fsp3) is 0.143. The fourth-order valence-corrected chi connectivity index (χ4v) is 2.07. The molecule has 2 aromatic rings. The van der Waals surface area contributed by atoms with E-state index in [-0.39, 0.29) is 0 Å². The monoisotopic (exact) mass is 256 g/mol. The summed E-state index contributed by atoms with van der Waals surface area (Å²) in [5.41, 5.74) is 3.32. The second-order valence-corrected chi connectivity index (χ2v) is 4.32. The Bertz CT molecular complexity index is 666. The molecule has 0 unspecified atom stereocenters. The van der Waals surface area contributed by atoms with Crippen LogP contribution in [0.25, 0.3) is 11.3 Å². The minimum atomic E-state index is 0.475. The van der Waals surface area contributed by atoms with Crippen LogP contribution in [0.3, 0.4) is 0 Å². The zero-order chi connectivity index (χ0) is 13.1. The number of benzene rings is 1. The molecule has 0 spiro atoms. The lowest BCUT2D eigenvalue weighted by molar-refractivity contribution is 0.415. The Morgan fingerprint density at radius 2 is 1.94 bits per heavy atom. The molecule has 0 saturated carbocycles. The highest BCUT2D eigenvalue weighted by Crippen LogP contribution is 2.22. The van der Waals surface area contributed by atoms with Gasteiger partial charge in [-0.25, -0.2) is 0 Å². The van der Waals surface area contributed by atoms with Gasteiger partial charge in [-0.2, -0.15) is 5.26 Å². The van der Waals surface area contributed by atoms with Gasteiger partial charge in [0.05, 0.1) is 12.7 Å². The summed E-state index contributed by atoms with van der Waals surface area (Å²) in [4.78, 5) is 3.07. The Labute approximate surface area is 111 Å². The summed E-state index contributed by atoms with van der Waals surface area (Å²) >= 11 is 5.17. The number of ether oxygens (including phenoxy) is 1. The molecule has 4 heteroatoms. The molecule has 1 aromatic carbocycles. The third-order valence-electron chi connectivity index (χ3n) is 2.74. The topological polar surface area (TPSA) is 48.8 Å². The van der Waals surface area contributed by atoms with E-state index < -0.39 is 0 Å². The molecule has 0 amide bonds. The second kappa shape index (κ2) is 5.03. The van der Waals surface area contributed by atoms with E-state index >= 15 is 0 Å². The van der Waals surface area contributed by atoms with Crippen LogP contribution in [0.4, 0.5) is 0 Å². The number of pyridine rings is 1. The first-order valence-corrected chi connectivity index (χ1v) is 5.85. The highest BCUT2D eigenvalue weighted by atomic mass is 32.1. The van der Waals surface area contributed by atoms with E-state index in [9.17, 15) is 0 Å². The van der Waals surface area contributed by atoms with Crippen LogP contribution in [0.5, 0.6) is 5.75 Å². The molecule has 0 radical (unpaired) electrons. The molecule has 2 rings (SSSR count). The van der Waals surface area contributed by atoms with E-state index in [1.165, 1.54) is 0 Å². The molecule has 0 aliphatic carbocycles. The number of nitriles is 1. The predicted octanol–water partition coefficient (Wildman–Crippen LogP) is 3.60.